The van der Waals surface area contributed by atoms with Crippen molar-refractivity contribution in [2.75, 3.05) is 6.61 Å². The third kappa shape index (κ3) is 5.02. The third-order valence-electron chi connectivity index (χ3n) is 11.2. The fraction of sp³-hybridized carbons (Fsp3) is 0.926. The summed E-state index contributed by atoms with van der Waals surface area (Å²) < 4.78 is 11.3. The molecule has 5 aliphatic rings. The van der Waals surface area contributed by atoms with E-state index in [1.807, 2.05) is 0 Å². The minimum Gasteiger partial charge on any atom is -0.479 e. The van der Waals surface area contributed by atoms with E-state index in [1.54, 1.807) is 0 Å². The van der Waals surface area contributed by atoms with Gasteiger partial charge in [-0.15, -0.1) is 0 Å². The average molecular weight is 664 g/mol. The number of aliphatic hydroxyl groups excluding tert-OH is 5. The minimum atomic E-state index is -1.76. The van der Waals surface area contributed by atoms with Crippen molar-refractivity contribution in [2.45, 2.75) is 108 Å². The van der Waals surface area contributed by atoms with Crippen LogP contribution in [0, 0.1) is 40.4 Å². The fourth-order valence-corrected chi connectivity index (χ4v) is 9.31. The Morgan fingerprint density at radius 2 is 1.76 bits per heavy atom. The number of fused-ring (bicyclic) bond motifs is 5. The van der Waals surface area contributed by atoms with Crippen LogP contribution in [0.25, 0.3) is 0 Å². The first-order valence-electron chi connectivity index (χ1n) is 13.8. The molecule has 14 atom stereocenters. The van der Waals surface area contributed by atoms with Crippen molar-refractivity contribution in [2.24, 2.45) is 40.4 Å². The molecule has 4 aliphatic carbocycles. The maximum absolute atomic E-state index is 13.8. The summed E-state index contributed by atoms with van der Waals surface area (Å²) in [5, 5.41) is 59.8. The molecule has 1 heterocycles. The second kappa shape index (κ2) is 11.6. The van der Waals surface area contributed by atoms with E-state index in [2.05, 4.69) is 13.8 Å². The van der Waals surface area contributed by atoms with Crippen LogP contribution in [0.1, 0.15) is 65.2 Å². The van der Waals surface area contributed by atoms with Crippen LogP contribution in [-0.2, 0) is 19.1 Å². The topological polar surface area (TPSA) is 174 Å². The van der Waals surface area contributed by atoms with Gasteiger partial charge in [-0.25, -0.2) is 4.79 Å². The van der Waals surface area contributed by atoms with Crippen LogP contribution in [0.15, 0.2) is 0 Å². The number of hydrogen-bond donors (Lipinski definition) is 6. The van der Waals surface area contributed by atoms with Crippen molar-refractivity contribution in [3.63, 3.8) is 0 Å². The minimum absolute atomic E-state index is 0. The molecule has 0 aromatic carbocycles. The fourth-order valence-electron chi connectivity index (χ4n) is 9.31. The normalized spacial score (nSPS) is 51.2. The van der Waals surface area contributed by atoms with Crippen LogP contribution in [0.4, 0.5) is 0 Å². The number of carboxylic acids is 1. The Hall–Kier alpha value is 0.431. The van der Waals surface area contributed by atoms with Gasteiger partial charge >= 0.3 is 5.97 Å². The average Bonchev–Trinajstić information content (AvgIpc) is 3.19. The van der Waals surface area contributed by atoms with Gasteiger partial charge in [0.1, 0.15) is 24.1 Å². The number of carboxylic acid groups (broad SMARTS) is 1. The van der Waals surface area contributed by atoms with Gasteiger partial charge in [0.15, 0.2) is 12.4 Å². The number of rotatable bonds is 5. The monoisotopic (exact) mass is 664 g/mol. The van der Waals surface area contributed by atoms with E-state index < -0.39 is 42.8 Å². The first-order chi connectivity index (χ1) is 17.4. The molecule has 0 bridgehead atoms. The maximum Gasteiger partial charge on any atom is 0.335 e. The zero-order chi connectivity index (χ0) is 26.9. The summed E-state index contributed by atoms with van der Waals surface area (Å²) in [6, 6.07) is 0. The zero-order valence-corrected chi connectivity index (χ0v) is 26.8. The molecule has 11 heteroatoms. The zero-order valence-electron chi connectivity index (χ0n) is 22.3. The SMILES string of the molecule is CC12CC(=O)C3C(CCC4C[C@H](O[C@@H]5OC(C(=O)O)[C@@H](O)[C@H](O)[C@H]5O)CCC43C)C1CCC2C(O)CO.[Ba]. The first-order valence-corrected chi connectivity index (χ1v) is 13.8. The van der Waals surface area contributed by atoms with Crippen LogP contribution < -0.4 is 0 Å². The molecule has 0 amide bonds. The van der Waals surface area contributed by atoms with Gasteiger partial charge in [-0.05, 0) is 79.4 Å². The molecule has 38 heavy (non-hydrogen) atoms. The van der Waals surface area contributed by atoms with Crippen LogP contribution in [0.5, 0.6) is 0 Å². The maximum atomic E-state index is 13.8. The molecular weight excluding hydrogens is 622 g/mol. The number of hydrogen-bond acceptors (Lipinski definition) is 9. The molecule has 6 N–H and O–H groups in total. The van der Waals surface area contributed by atoms with Gasteiger partial charge < -0.3 is 40.1 Å². The summed E-state index contributed by atoms with van der Waals surface area (Å²) in [5.41, 5.74) is -0.481. The van der Waals surface area contributed by atoms with Gasteiger partial charge in [-0.1, -0.05) is 13.8 Å². The molecular formula is C27H42BaO10. The molecule has 5 rings (SSSR count). The Kier molecular flexibility index (Phi) is 9.58. The molecule has 0 aromatic heterocycles. The van der Waals surface area contributed by atoms with E-state index in [9.17, 15) is 40.2 Å². The quantitative estimate of drug-likeness (QED) is 0.175. The summed E-state index contributed by atoms with van der Waals surface area (Å²) in [6.45, 7) is 4.07. The molecule has 4 saturated carbocycles. The van der Waals surface area contributed by atoms with E-state index >= 15 is 0 Å². The Bertz CT molecular complexity index is 903. The third-order valence-corrected chi connectivity index (χ3v) is 11.2. The number of carbonyl (C=O) groups is 2. The largest absolute Gasteiger partial charge is 0.479 e. The summed E-state index contributed by atoms with van der Waals surface area (Å²) >= 11 is 0. The van der Waals surface area contributed by atoms with Gasteiger partial charge in [0.05, 0.1) is 18.8 Å². The summed E-state index contributed by atoms with van der Waals surface area (Å²) in [5.74, 6) is -0.470. The van der Waals surface area contributed by atoms with E-state index in [0.717, 1.165) is 32.1 Å². The number of aliphatic carboxylic acids is 1. The number of ether oxygens (including phenoxy) is 2. The van der Waals surface area contributed by atoms with Crippen LogP contribution in [0.3, 0.4) is 0 Å². The molecule has 10 nitrogen and oxygen atoms in total. The summed E-state index contributed by atoms with van der Waals surface area (Å²) in [6.07, 6.45) is -3.13. The molecule has 1 aliphatic heterocycles. The smallest absolute Gasteiger partial charge is 0.335 e. The van der Waals surface area contributed by atoms with Crippen molar-refractivity contribution < 1.29 is 49.7 Å². The van der Waals surface area contributed by atoms with Crippen molar-refractivity contribution in [3.8, 4) is 0 Å². The molecule has 9 unspecified atom stereocenters. The standard InChI is InChI=1S/C27H42O10.Ba/c1-26-8-7-13(36-25-22(33)20(31)21(32)23(37-25)24(34)35)9-12(26)3-4-14-15-5-6-16(18(30)11-28)27(15,2)10-17(29)19(14)26;/h12-16,18-23,25,28,30-33H,3-11H2,1-2H3,(H,34,35);/t12?,13-,14?,15?,16?,18?,19?,20+,21+,22-,23?,25-,26?,27?;/m1./s1. The van der Waals surface area contributed by atoms with Crippen molar-refractivity contribution in [3.05, 3.63) is 0 Å². The van der Waals surface area contributed by atoms with Crippen LogP contribution in [-0.4, -0.2) is 141 Å². The molecule has 2 radical (unpaired) electrons. The summed E-state index contributed by atoms with van der Waals surface area (Å²) in [4.78, 5) is 25.2. The van der Waals surface area contributed by atoms with E-state index in [0.29, 0.717) is 25.2 Å². The predicted molar refractivity (Wildman–Crippen MR) is 134 cm³/mol. The number of ketones is 1. The van der Waals surface area contributed by atoms with Crippen molar-refractivity contribution in [1.29, 1.82) is 0 Å². The second-order valence-electron chi connectivity index (χ2n) is 12.9. The van der Waals surface area contributed by atoms with E-state index in [4.69, 9.17) is 9.47 Å². The van der Waals surface area contributed by atoms with Crippen LogP contribution >= 0.6 is 0 Å². The number of aliphatic hydroxyl groups is 5. The van der Waals surface area contributed by atoms with Crippen molar-refractivity contribution in [1.82, 2.24) is 0 Å². The van der Waals surface area contributed by atoms with E-state index in [-0.39, 0.29) is 102 Å². The van der Waals surface area contributed by atoms with Crippen LogP contribution in [0.2, 0.25) is 0 Å². The van der Waals surface area contributed by atoms with Gasteiger partial charge in [-0.2, -0.15) is 0 Å². The predicted octanol–water partition coefficient (Wildman–Crippen LogP) is 0.0741. The Morgan fingerprint density at radius 1 is 1.05 bits per heavy atom. The number of carbonyl (C=O) groups excluding carboxylic acids is 1. The van der Waals surface area contributed by atoms with Gasteiger partial charge in [-0.3, -0.25) is 4.79 Å². The Morgan fingerprint density at radius 3 is 2.42 bits per heavy atom. The van der Waals surface area contributed by atoms with Gasteiger partial charge in [0, 0.05) is 61.2 Å². The Balaban J connectivity index is 0.00000336. The molecule has 0 aromatic rings. The van der Waals surface area contributed by atoms with Gasteiger partial charge in [0.2, 0.25) is 0 Å². The molecule has 1 saturated heterocycles. The molecule has 5 fully saturated rings. The number of Topliss-reactive ketones (excluding diaryl/α,β-unsaturated/α-hetero) is 1. The van der Waals surface area contributed by atoms with Gasteiger partial charge in [0.25, 0.3) is 0 Å². The first kappa shape index (κ1) is 31.4. The molecule has 0 spiro atoms. The van der Waals surface area contributed by atoms with E-state index in [1.165, 1.54) is 0 Å². The Labute approximate surface area is 263 Å². The van der Waals surface area contributed by atoms with Crippen molar-refractivity contribution >= 4 is 60.6 Å². The molecule has 212 valence electrons. The second-order valence-corrected chi connectivity index (χ2v) is 12.9. The summed E-state index contributed by atoms with van der Waals surface area (Å²) in [7, 11) is 0.